The van der Waals surface area contributed by atoms with Gasteiger partial charge in [0.05, 0.1) is 0 Å². The second-order valence-electron chi connectivity index (χ2n) is 7.65. The zero-order valence-electron chi connectivity index (χ0n) is 17.4. The van der Waals surface area contributed by atoms with Crippen LogP contribution in [0.3, 0.4) is 0 Å². The van der Waals surface area contributed by atoms with E-state index in [1.165, 1.54) is 51.4 Å². The van der Waals surface area contributed by atoms with E-state index in [9.17, 15) is 14.9 Å². The molecule has 1 unspecified atom stereocenters. The number of aliphatic hydroxyl groups is 1. The van der Waals surface area contributed by atoms with Gasteiger partial charge in [0, 0.05) is 17.8 Å². The Bertz CT molecular complexity index is 396. The maximum Gasteiger partial charge on any atom is 0.213 e. The highest BCUT2D eigenvalue weighted by molar-refractivity contribution is 5.69. The average Bonchev–Trinajstić information content (AvgIpc) is 2.66. The summed E-state index contributed by atoms with van der Waals surface area (Å²) in [5, 5.41) is 20.2. The molecule has 0 aliphatic heterocycles. The van der Waals surface area contributed by atoms with E-state index < -0.39 is 0 Å². The molecule has 0 rings (SSSR count). The minimum absolute atomic E-state index is 0.0656. The first-order chi connectivity index (χ1) is 13.1. The zero-order valence-corrected chi connectivity index (χ0v) is 17.4. The van der Waals surface area contributed by atoms with E-state index in [4.69, 9.17) is 5.11 Å². The lowest BCUT2D eigenvalue weighted by molar-refractivity contribution is -0.524. The lowest BCUT2D eigenvalue weighted by Gasteiger charge is -2.09. The van der Waals surface area contributed by atoms with Gasteiger partial charge in [0.25, 0.3) is 0 Å². The fourth-order valence-corrected chi connectivity index (χ4v) is 3.40. The Balaban J connectivity index is 3.46. The maximum atomic E-state index is 11.2. The number of aldehydes is 1. The number of nitrogens with zero attached hydrogens (tertiary/aromatic N) is 1. The topological polar surface area (TPSA) is 80.4 Å². The number of hydrogen-bond acceptors (Lipinski definition) is 4. The van der Waals surface area contributed by atoms with Crippen molar-refractivity contribution in [2.45, 2.75) is 122 Å². The lowest BCUT2D eigenvalue weighted by Crippen LogP contribution is -2.19. The number of nitro groups is 1. The number of aliphatic hydroxyl groups excluding tert-OH is 1. The van der Waals surface area contributed by atoms with Crippen molar-refractivity contribution in [2.75, 3.05) is 0 Å². The smallest absolute Gasteiger partial charge is 0.213 e. The van der Waals surface area contributed by atoms with Crippen LogP contribution >= 0.6 is 0 Å². The monoisotopic (exact) mass is 383 g/mol. The molecule has 0 heterocycles. The van der Waals surface area contributed by atoms with Gasteiger partial charge in [-0.05, 0) is 31.8 Å². The summed E-state index contributed by atoms with van der Waals surface area (Å²) in [4.78, 5) is 21.3. The summed E-state index contributed by atoms with van der Waals surface area (Å²) < 4.78 is 0. The first-order valence-corrected chi connectivity index (χ1v) is 11.1. The van der Waals surface area contributed by atoms with Crippen LogP contribution in [0.15, 0.2) is 11.8 Å². The fourth-order valence-electron chi connectivity index (χ4n) is 3.40. The van der Waals surface area contributed by atoms with Crippen molar-refractivity contribution >= 4 is 6.29 Å². The summed E-state index contributed by atoms with van der Waals surface area (Å²) >= 11 is 0. The molecule has 0 saturated heterocycles. The molecule has 27 heavy (non-hydrogen) atoms. The van der Waals surface area contributed by atoms with Crippen LogP contribution in [0.5, 0.6) is 0 Å². The highest BCUT2D eigenvalue weighted by Gasteiger charge is 2.18. The molecular weight excluding hydrogens is 342 g/mol. The summed E-state index contributed by atoms with van der Waals surface area (Å²) in [5.74, 6) is -0.161. The lowest BCUT2D eigenvalue weighted by atomic mass is 10.0. The number of carbonyl (C=O) groups is 1. The molecule has 0 aliphatic rings. The van der Waals surface area contributed by atoms with Gasteiger partial charge in [-0.3, -0.25) is 14.9 Å². The van der Waals surface area contributed by atoms with Crippen LogP contribution in [0.1, 0.15) is 116 Å². The normalized spacial score (nSPS) is 12.9. The predicted octanol–water partition coefficient (Wildman–Crippen LogP) is 6.92. The van der Waals surface area contributed by atoms with Crippen LogP contribution in [0, 0.1) is 10.1 Å². The van der Waals surface area contributed by atoms with Crippen LogP contribution in [-0.4, -0.2) is 22.4 Å². The molecule has 0 aromatic heterocycles. The number of hydrogen-bond donors (Lipinski definition) is 1. The first-order valence-electron chi connectivity index (χ1n) is 11.1. The maximum absolute atomic E-state index is 11.2. The van der Waals surface area contributed by atoms with Crippen LogP contribution in [0.25, 0.3) is 0 Å². The van der Waals surface area contributed by atoms with Crippen LogP contribution < -0.4 is 0 Å². The number of allylic oxidation sites excluding steroid dienone is 2. The molecule has 1 atom stereocenters. The Morgan fingerprint density at radius 3 is 1.74 bits per heavy atom. The van der Waals surface area contributed by atoms with E-state index in [-0.39, 0.29) is 16.7 Å². The zero-order chi connectivity index (χ0) is 20.2. The van der Waals surface area contributed by atoms with E-state index in [0.29, 0.717) is 6.29 Å². The second kappa shape index (κ2) is 19.4. The molecule has 0 aromatic carbocycles. The summed E-state index contributed by atoms with van der Waals surface area (Å²) in [6, 6.07) is -0.334. The molecule has 5 nitrogen and oxygen atoms in total. The van der Waals surface area contributed by atoms with Gasteiger partial charge in [0.1, 0.15) is 0 Å². The SMILES string of the molecule is CCCCCCCC(CCCCCCCCCCC/C=C(\O)C=O)[N+](=O)[O-]. The Kier molecular flexibility index (Phi) is 18.4. The molecule has 0 spiro atoms. The Hall–Kier alpha value is -1.39. The molecule has 158 valence electrons. The van der Waals surface area contributed by atoms with Gasteiger partial charge in [-0.1, -0.05) is 77.6 Å². The summed E-state index contributed by atoms with van der Waals surface area (Å²) in [5.41, 5.74) is 0. The highest BCUT2D eigenvalue weighted by atomic mass is 16.6. The molecule has 0 saturated carbocycles. The molecule has 0 aliphatic carbocycles. The van der Waals surface area contributed by atoms with Gasteiger partial charge in [-0.15, -0.1) is 0 Å². The number of rotatable bonds is 20. The van der Waals surface area contributed by atoms with Crippen LogP contribution in [-0.2, 0) is 4.79 Å². The van der Waals surface area contributed by atoms with Crippen molar-refractivity contribution in [3.63, 3.8) is 0 Å². The standard InChI is InChI=1S/C22H41NO4/c1-2-3-4-11-14-17-21(23(26)27)18-15-12-9-7-5-6-8-10-13-16-19-22(25)20-24/h19-21,25H,2-18H2,1H3/b22-19-. The van der Waals surface area contributed by atoms with Crippen LogP contribution in [0.2, 0.25) is 0 Å². The van der Waals surface area contributed by atoms with E-state index in [1.807, 2.05) is 0 Å². The third kappa shape index (κ3) is 17.8. The minimum Gasteiger partial charge on any atom is -0.505 e. The van der Waals surface area contributed by atoms with Gasteiger partial charge in [-0.2, -0.15) is 0 Å². The highest BCUT2D eigenvalue weighted by Crippen LogP contribution is 2.16. The fraction of sp³-hybridized carbons (Fsp3) is 0.864. The van der Waals surface area contributed by atoms with E-state index in [2.05, 4.69) is 6.92 Å². The number of carbonyl (C=O) groups excluding carboxylic acids is 1. The van der Waals surface area contributed by atoms with Crippen molar-refractivity contribution in [1.29, 1.82) is 0 Å². The third-order valence-corrected chi connectivity index (χ3v) is 5.15. The molecule has 0 fully saturated rings. The van der Waals surface area contributed by atoms with Gasteiger partial charge in [0.15, 0.2) is 12.0 Å². The van der Waals surface area contributed by atoms with Crippen molar-refractivity contribution in [3.05, 3.63) is 21.9 Å². The Morgan fingerprint density at radius 2 is 1.30 bits per heavy atom. The van der Waals surface area contributed by atoms with E-state index in [1.54, 1.807) is 6.08 Å². The van der Waals surface area contributed by atoms with Crippen LogP contribution in [0.4, 0.5) is 0 Å². The molecule has 0 radical (unpaired) electrons. The quantitative estimate of drug-likeness (QED) is 0.0617. The summed E-state index contributed by atoms with van der Waals surface area (Å²) in [6.07, 6.45) is 20.3. The molecule has 0 aromatic rings. The average molecular weight is 384 g/mol. The third-order valence-electron chi connectivity index (χ3n) is 5.15. The molecule has 0 bridgehead atoms. The Labute approximate surface area is 165 Å². The largest absolute Gasteiger partial charge is 0.505 e. The molecule has 1 N–H and O–H groups in total. The van der Waals surface area contributed by atoms with Gasteiger partial charge in [0.2, 0.25) is 6.04 Å². The molecule has 0 amide bonds. The Morgan fingerprint density at radius 1 is 0.852 bits per heavy atom. The van der Waals surface area contributed by atoms with E-state index in [0.717, 1.165) is 57.8 Å². The van der Waals surface area contributed by atoms with Crippen molar-refractivity contribution in [2.24, 2.45) is 0 Å². The van der Waals surface area contributed by atoms with Gasteiger partial charge < -0.3 is 5.11 Å². The summed E-state index contributed by atoms with van der Waals surface area (Å²) in [6.45, 7) is 2.18. The summed E-state index contributed by atoms with van der Waals surface area (Å²) in [7, 11) is 0. The van der Waals surface area contributed by atoms with E-state index >= 15 is 0 Å². The van der Waals surface area contributed by atoms with Gasteiger partial charge >= 0.3 is 0 Å². The van der Waals surface area contributed by atoms with Crippen molar-refractivity contribution < 1.29 is 14.8 Å². The van der Waals surface area contributed by atoms with Gasteiger partial charge in [-0.25, -0.2) is 0 Å². The second-order valence-corrected chi connectivity index (χ2v) is 7.65. The first kappa shape index (κ1) is 25.6. The predicted molar refractivity (Wildman–Crippen MR) is 112 cm³/mol. The molecule has 5 heteroatoms. The molecular formula is C22H41NO4. The number of unbranched alkanes of at least 4 members (excludes halogenated alkanes) is 13. The minimum atomic E-state index is -0.334. The van der Waals surface area contributed by atoms with Crippen molar-refractivity contribution in [1.82, 2.24) is 0 Å². The van der Waals surface area contributed by atoms with Crippen molar-refractivity contribution in [3.8, 4) is 0 Å².